The van der Waals surface area contributed by atoms with Gasteiger partial charge in [0, 0.05) is 6.04 Å². The molecule has 0 saturated heterocycles. The lowest BCUT2D eigenvalue weighted by Crippen LogP contribution is -2.27. The molecule has 0 fully saturated rings. The maximum atomic E-state index is 3.69. The Kier molecular flexibility index (Phi) is 6.28. The first-order chi connectivity index (χ1) is 8.19. The van der Waals surface area contributed by atoms with Crippen molar-refractivity contribution in [2.45, 2.75) is 53.0 Å². The summed E-state index contributed by atoms with van der Waals surface area (Å²) in [4.78, 5) is 0. The zero-order valence-corrected chi connectivity index (χ0v) is 11.8. The van der Waals surface area contributed by atoms with Crippen LogP contribution >= 0.6 is 0 Å². The molecule has 1 N–H and O–H groups in total. The van der Waals surface area contributed by atoms with Crippen LogP contribution in [0.5, 0.6) is 0 Å². The topological polar surface area (TPSA) is 12.0 Å². The lowest BCUT2D eigenvalue weighted by atomic mass is 9.90. The third-order valence-corrected chi connectivity index (χ3v) is 3.36. The average Bonchev–Trinajstić information content (AvgIpc) is 2.32. The van der Waals surface area contributed by atoms with Crippen LogP contribution < -0.4 is 5.32 Å². The molecule has 0 amide bonds. The standard InChI is InChI=1S/C16H27N/c1-5-7-14(4)16(17-12-6-2)15-10-8-13(3)9-11-15/h8-11,14,16-17H,5-7,12H2,1-4H3. The number of benzene rings is 1. The SMILES string of the molecule is CCCNC(c1ccc(C)cc1)C(C)CCC. The Morgan fingerprint density at radius 3 is 2.24 bits per heavy atom. The van der Waals surface area contributed by atoms with Crippen molar-refractivity contribution in [2.75, 3.05) is 6.54 Å². The smallest absolute Gasteiger partial charge is 0.0346 e. The van der Waals surface area contributed by atoms with Crippen molar-refractivity contribution in [3.05, 3.63) is 35.4 Å². The molecule has 0 aliphatic heterocycles. The van der Waals surface area contributed by atoms with Gasteiger partial charge in [0.25, 0.3) is 0 Å². The van der Waals surface area contributed by atoms with Crippen molar-refractivity contribution < 1.29 is 0 Å². The fraction of sp³-hybridized carbons (Fsp3) is 0.625. The molecule has 1 nitrogen and oxygen atoms in total. The Morgan fingerprint density at radius 1 is 1.06 bits per heavy atom. The first kappa shape index (κ1) is 14.2. The van der Waals surface area contributed by atoms with Gasteiger partial charge in [0.2, 0.25) is 0 Å². The van der Waals surface area contributed by atoms with Crippen molar-refractivity contribution in [1.29, 1.82) is 0 Å². The first-order valence-corrected chi connectivity index (χ1v) is 6.99. The largest absolute Gasteiger partial charge is 0.310 e. The lowest BCUT2D eigenvalue weighted by Gasteiger charge is -2.25. The minimum atomic E-state index is 0.510. The Balaban J connectivity index is 2.77. The maximum absolute atomic E-state index is 3.69. The van der Waals surface area contributed by atoms with Gasteiger partial charge in [-0.05, 0) is 37.8 Å². The summed E-state index contributed by atoms with van der Waals surface area (Å²) in [6.45, 7) is 10.1. The molecule has 1 heteroatoms. The van der Waals surface area contributed by atoms with E-state index in [1.807, 2.05) is 0 Å². The average molecular weight is 233 g/mol. The van der Waals surface area contributed by atoms with Crippen LogP contribution in [0.2, 0.25) is 0 Å². The van der Waals surface area contributed by atoms with Crippen LogP contribution in [-0.4, -0.2) is 6.54 Å². The summed E-state index contributed by atoms with van der Waals surface area (Å²) >= 11 is 0. The molecular formula is C16H27N. The highest BCUT2D eigenvalue weighted by Crippen LogP contribution is 2.25. The molecule has 0 aliphatic carbocycles. The monoisotopic (exact) mass is 233 g/mol. The van der Waals surface area contributed by atoms with Crippen molar-refractivity contribution >= 4 is 0 Å². The van der Waals surface area contributed by atoms with Crippen LogP contribution in [0.1, 0.15) is 57.2 Å². The van der Waals surface area contributed by atoms with E-state index in [9.17, 15) is 0 Å². The van der Waals surface area contributed by atoms with E-state index < -0.39 is 0 Å². The van der Waals surface area contributed by atoms with Crippen LogP contribution in [0.15, 0.2) is 24.3 Å². The lowest BCUT2D eigenvalue weighted by molar-refractivity contribution is 0.363. The number of aryl methyl sites for hydroxylation is 1. The third-order valence-electron chi connectivity index (χ3n) is 3.36. The van der Waals surface area contributed by atoms with Gasteiger partial charge in [-0.25, -0.2) is 0 Å². The summed E-state index contributed by atoms with van der Waals surface area (Å²) in [6, 6.07) is 9.49. The molecule has 2 atom stereocenters. The van der Waals surface area contributed by atoms with Gasteiger partial charge < -0.3 is 5.32 Å². The van der Waals surface area contributed by atoms with Crippen molar-refractivity contribution in [2.24, 2.45) is 5.92 Å². The molecular weight excluding hydrogens is 206 g/mol. The second-order valence-electron chi connectivity index (χ2n) is 5.11. The van der Waals surface area contributed by atoms with Crippen LogP contribution in [0, 0.1) is 12.8 Å². The predicted molar refractivity (Wildman–Crippen MR) is 76.3 cm³/mol. The highest BCUT2D eigenvalue weighted by molar-refractivity contribution is 5.24. The molecule has 1 rings (SSSR count). The minimum absolute atomic E-state index is 0.510. The van der Waals surface area contributed by atoms with Gasteiger partial charge in [0.1, 0.15) is 0 Å². The summed E-state index contributed by atoms with van der Waals surface area (Å²) in [6.07, 6.45) is 3.74. The predicted octanol–water partition coefficient (Wildman–Crippen LogP) is 4.47. The van der Waals surface area contributed by atoms with Crippen molar-refractivity contribution in [3.63, 3.8) is 0 Å². The molecule has 0 heterocycles. The summed E-state index contributed by atoms with van der Waals surface area (Å²) in [7, 11) is 0. The fourth-order valence-corrected chi connectivity index (χ4v) is 2.34. The van der Waals surface area contributed by atoms with Gasteiger partial charge in [-0.3, -0.25) is 0 Å². The van der Waals surface area contributed by atoms with Crippen molar-refractivity contribution in [1.82, 2.24) is 5.32 Å². The molecule has 17 heavy (non-hydrogen) atoms. The highest BCUT2D eigenvalue weighted by atomic mass is 14.9. The van der Waals surface area contributed by atoms with Gasteiger partial charge >= 0.3 is 0 Å². The zero-order chi connectivity index (χ0) is 12.7. The summed E-state index contributed by atoms with van der Waals surface area (Å²) in [5.41, 5.74) is 2.77. The molecule has 0 radical (unpaired) electrons. The molecule has 0 aromatic heterocycles. The molecule has 0 bridgehead atoms. The molecule has 2 unspecified atom stereocenters. The van der Waals surface area contributed by atoms with E-state index in [-0.39, 0.29) is 0 Å². The Bertz CT molecular complexity index is 302. The molecule has 1 aromatic rings. The van der Waals surface area contributed by atoms with Gasteiger partial charge in [-0.1, -0.05) is 57.0 Å². The quantitative estimate of drug-likeness (QED) is 0.732. The first-order valence-electron chi connectivity index (χ1n) is 6.99. The van der Waals surface area contributed by atoms with E-state index in [4.69, 9.17) is 0 Å². The van der Waals surface area contributed by atoms with E-state index in [0.717, 1.165) is 6.54 Å². The number of hydrogen-bond acceptors (Lipinski definition) is 1. The van der Waals surface area contributed by atoms with E-state index in [1.54, 1.807) is 0 Å². The van der Waals surface area contributed by atoms with Gasteiger partial charge in [-0.15, -0.1) is 0 Å². The van der Waals surface area contributed by atoms with E-state index in [0.29, 0.717) is 12.0 Å². The van der Waals surface area contributed by atoms with Gasteiger partial charge in [-0.2, -0.15) is 0 Å². The summed E-state index contributed by atoms with van der Waals surface area (Å²) in [5, 5.41) is 3.69. The van der Waals surface area contributed by atoms with Crippen LogP contribution in [0.3, 0.4) is 0 Å². The normalized spacial score (nSPS) is 14.6. The van der Waals surface area contributed by atoms with Gasteiger partial charge in [0.05, 0.1) is 0 Å². The second kappa shape index (κ2) is 7.50. The van der Waals surface area contributed by atoms with Crippen molar-refractivity contribution in [3.8, 4) is 0 Å². The van der Waals surface area contributed by atoms with Gasteiger partial charge in [0.15, 0.2) is 0 Å². The fourth-order valence-electron chi connectivity index (χ4n) is 2.34. The molecule has 0 spiro atoms. The molecule has 0 aliphatic rings. The highest BCUT2D eigenvalue weighted by Gasteiger charge is 2.17. The van der Waals surface area contributed by atoms with Crippen LogP contribution in [0.25, 0.3) is 0 Å². The molecule has 96 valence electrons. The van der Waals surface area contributed by atoms with E-state index in [2.05, 4.69) is 57.3 Å². The minimum Gasteiger partial charge on any atom is -0.310 e. The molecule has 0 saturated carbocycles. The maximum Gasteiger partial charge on any atom is 0.0346 e. The molecule has 1 aromatic carbocycles. The number of hydrogen-bond donors (Lipinski definition) is 1. The summed E-state index contributed by atoms with van der Waals surface area (Å²) < 4.78 is 0. The number of nitrogens with one attached hydrogen (secondary N) is 1. The Hall–Kier alpha value is -0.820. The number of rotatable bonds is 7. The second-order valence-corrected chi connectivity index (χ2v) is 5.11. The van der Waals surface area contributed by atoms with E-state index >= 15 is 0 Å². The third kappa shape index (κ3) is 4.51. The Morgan fingerprint density at radius 2 is 1.71 bits per heavy atom. The van der Waals surface area contributed by atoms with Crippen LogP contribution in [0.4, 0.5) is 0 Å². The Labute approximate surface area is 107 Å². The summed E-state index contributed by atoms with van der Waals surface area (Å²) in [5.74, 6) is 0.703. The zero-order valence-electron chi connectivity index (χ0n) is 11.8. The van der Waals surface area contributed by atoms with Crippen LogP contribution in [-0.2, 0) is 0 Å². The van der Waals surface area contributed by atoms with E-state index in [1.165, 1.54) is 30.4 Å².